The summed E-state index contributed by atoms with van der Waals surface area (Å²) < 4.78 is 5.41. The van der Waals surface area contributed by atoms with Gasteiger partial charge in [-0.3, -0.25) is 4.79 Å². The predicted octanol–water partition coefficient (Wildman–Crippen LogP) is 5.27. The van der Waals surface area contributed by atoms with E-state index in [1.54, 1.807) is 0 Å². The second-order valence-electron chi connectivity index (χ2n) is 12.4. The predicted molar refractivity (Wildman–Crippen MR) is 141 cm³/mol. The second kappa shape index (κ2) is 11.5. The Morgan fingerprint density at radius 3 is 2.50 bits per heavy atom. The van der Waals surface area contributed by atoms with Gasteiger partial charge in [0, 0.05) is 19.0 Å². The van der Waals surface area contributed by atoms with Crippen LogP contribution in [0.1, 0.15) is 95.6 Å². The normalized spacial score (nSPS) is 29.1. The van der Waals surface area contributed by atoms with Gasteiger partial charge in [0.25, 0.3) is 0 Å². The van der Waals surface area contributed by atoms with E-state index >= 15 is 0 Å². The fourth-order valence-corrected chi connectivity index (χ4v) is 6.51. The highest BCUT2D eigenvalue weighted by Gasteiger charge is 2.45. The molecule has 202 valence electrons. The van der Waals surface area contributed by atoms with E-state index in [4.69, 9.17) is 4.74 Å². The minimum Gasteiger partial charge on any atom is -0.481 e. The molecule has 0 bridgehead atoms. The SMILES string of the molecule is CN(C)C[C@@H]1CCCC[C@@]1(O)c1ccccc1C1CCCC(CNC(=O)OC(C)(C)C)(CC(=O)O)C1. The molecule has 2 saturated carbocycles. The number of hydrogen-bond donors (Lipinski definition) is 3. The van der Waals surface area contributed by atoms with Crippen molar-refractivity contribution in [3.05, 3.63) is 35.4 Å². The maximum absolute atomic E-state index is 12.4. The number of carboxylic acid groups (broad SMARTS) is 1. The molecule has 7 nitrogen and oxygen atoms in total. The number of aliphatic hydroxyl groups is 1. The molecule has 1 aromatic rings. The molecular weight excluding hydrogens is 456 g/mol. The Kier molecular flexibility index (Phi) is 9.10. The molecule has 0 spiro atoms. The Morgan fingerprint density at radius 1 is 1.11 bits per heavy atom. The molecule has 2 unspecified atom stereocenters. The number of carbonyl (C=O) groups is 2. The number of nitrogens with zero attached hydrogens (tertiary/aromatic N) is 1. The van der Waals surface area contributed by atoms with Crippen LogP contribution in [0.25, 0.3) is 0 Å². The van der Waals surface area contributed by atoms with Crippen LogP contribution in [0.5, 0.6) is 0 Å². The molecule has 0 aliphatic heterocycles. The average molecular weight is 503 g/mol. The van der Waals surface area contributed by atoms with Crippen molar-refractivity contribution in [2.75, 3.05) is 27.2 Å². The molecule has 2 fully saturated rings. The zero-order valence-electron chi connectivity index (χ0n) is 22.8. The number of rotatable bonds is 8. The van der Waals surface area contributed by atoms with Gasteiger partial charge >= 0.3 is 12.1 Å². The molecule has 4 atom stereocenters. The molecule has 7 heteroatoms. The summed E-state index contributed by atoms with van der Waals surface area (Å²) in [6, 6.07) is 8.24. The maximum Gasteiger partial charge on any atom is 0.407 e. The maximum atomic E-state index is 12.4. The standard InChI is InChI=1S/C29H46N2O5/c1-27(2,3)36-26(34)30-20-28(18-25(32)33)15-10-11-21(17-28)23-13-6-7-14-24(23)29(35)16-9-8-12-22(29)19-31(4)5/h6-7,13-14,21-22,35H,8-12,15-20H2,1-5H3,(H,30,34)(H,32,33)/t21?,22-,28?,29-/m0/s1. The smallest absolute Gasteiger partial charge is 0.407 e. The Balaban J connectivity index is 1.88. The number of benzene rings is 1. The van der Waals surface area contributed by atoms with Gasteiger partial charge in [0.05, 0.1) is 12.0 Å². The third-order valence-electron chi connectivity index (χ3n) is 7.96. The summed E-state index contributed by atoms with van der Waals surface area (Å²) in [4.78, 5) is 26.5. The summed E-state index contributed by atoms with van der Waals surface area (Å²) in [6.07, 6.45) is 6.56. The fourth-order valence-electron chi connectivity index (χ4n) is 6.51. The molecule has 0 aromatic heterocycles. The highest BCUT2D eigenvalue weighted by Crippen LogP contribution is 2.50. The second-order valence-corrected chi connectivity index (χ2v) is 12.4. The van der Waals surface area contributed by atoms with E-state index in [0.29, 0.717) is 6.42 Å². The van der Waals surface area contributed by atoms with Crippen molar-refractivity contribution in [3.63, 3.8) is 0 Å². The van der Waals surface area contributed by atoms with Gasteiger partial charge in [-0.1, -0.05) is 43.5 Å². The average Bonchev–Trinajstić information content (AvgIpc) is 2.78. The third-order valence-corrected chi connectivity index (χ3v) is 7.96. The van der Waals surface area contributed by atoms with E-state index in [1.807, 2.05) is 32.9 Å². The molecule has 2 aliphatic carbocycles. The zero-order valence-corrected chi connectivity index (χ0v) is 22.8. The summed E-state index contributed by atoms with van der Waals surface area (Å²) in [5.74, 6) is -0.573. The molecule has 0 heterocycles. The molecule has 3 rings (SSSR count). The third kappa shape index (κ3) is 7.22. The number of amides is 1. The Morgan fingerprint density at radius 2 is 1.83 bits per heavy atom. The van der Waals surface area contributed by atoms with E-state index in [-0.39, 0.29) is 24.8 Å². The van der Waals surface area contributed by atoms with Gasteiger partial charge in [-0.25, -0.2) is 4.79 Å². The van der Waals surface area contributed by atoms with Crippen LogP contribution in [0.4, 0.5) is 4.79 Å². The van der Waals surface area contributed by atoms with Crippen LogP contribution in [-0.2, 0) is 15.1 Å². The molecular formula is C29H46N2O5. The van der Waals surface area contributed by atoms with Crippen molar-refractivity contribution in [1.29, 1.82) is 0 Å². The van der Waals surface area contributed by atoms with Crippen molar-refractivity contribution >= 4 is 12.1 Å². The van der Waals surface area contributed by atoms with Gasteiger partial charge in [0.15, 0.2) is 0 Å². The quantitative estimate of drug-likeness (QED) is 0.448. The van der Waals surface area contributed by atoms with Crippen LogP contribution in [0.2, 0.25) is 0 Å². The molecule has 1 amide bonds. The first kappa shape index (κ1) is 28.5. The summed E-state index contributed by atoms with van der Waals surface area (Å²) in [7, 11) is 4.11. The van der Waals surface area contributed by atoms with Crippen LogP contribution in [0.3, 0.4) is 0 Å². The highest BCUT2D eigenvalue weighted by molar-refractivity contribution is 5.69. The lowest BCUT2D eigenvalue weighted by atomic mass is 9.63. The first-order valence-corrected chi connectivity index (χ1v) is 13.5. The van der Waals surface area contributed by atoms with Gasteiger partial charge in [-0.15, -0.1) is 0 Å². The van der Waals surface area contributed by atoms with Crippen LogP contribution in [0.15, 0.2) is 24.3 Å². The lowest BCUT2D eigenvalue weighted by molar-refractivity contribution is -0.140. The number of alkyl carbamates (subject to hydrolysis) is 1. The lowest BCUT2D eigenvalue weighted by Gasteiger charge is -2.45. The van der Waals surface area contributed by atoms with Crippen molar-refractivity contribution in [2.24, 2.45) is 11.3 Å². The van der Waals surface area contributed by atoms with Crippen molar-refractivity contribution in [3.8, 4) is 0 Å². The Bertz CT molecular complexity index is 911. The van der Waals surface area contributed by atoms with E-state index in [0.717, 1.165) is 62.6 Å². The summed E-state index contributed by atoms with van der Waals surface area (Å²) in [5, 5.41) is 24.8. The Labute approximate surface area is 216 Å². The number of carboxylic acids is 1. The Hall–Kier alpha value is -2.12. The molecule has 3 N–H and O–H groups in total. The van der Waals surface area contributed by atoms with Crippen molar-refractivity contribution in [1.82, 2.24) is 10.2 Å². The number of carbonyl (C=O) groups excluding carboxylic acids is 1. The first-order chi connectivity index (χ1) is 16.8. The van der Waals surface area contributed by atoms with E-state index in [9.17, 15) is 19.8 Å². The largest absolute Gasteiger partial charge is 0.481 e. The van der Waals surface area contributed by atoms with Crippen LogP contribution in [-0.4, -0.2) is 60.0 Å². The highest BCUT2D eigenvalue weighted by atomic mass is 16.6. The van der Waals surface area contributed by atoms with Gasteiger partial charge in [-0.2, -0.15) is 0 Å². The number of ether oxygens (including phenoxy) is 1. The molecule has 0 radical (unpaired) electrons. The minimum atomic E-state index is -0.888. The summed E-state index contributed by atoms with van der Waals surface area (Å²) in [6.45, 7) is 6.53. The van der Waals surface area contributed by atoms with Gasteiger partial charge in [0.1, 0.15) is 5.60 Å². The molecule has 36 heavy (non-hydrogen) atoms. The minimum absolute atomic E-state index is 0.00497. The number of nitrogens with one attached hydrogen (secondary N) is 1. The van der Waals surface area contributed by atoms with Crippen LogP contribution >= 0.6 is 0 Å². The van der Waals surface area contributed by atoms with E-state index in [2.05, 4.69) is 36.4 Å². The molecule has 0 saturated heterocycles. The zero-order chi connectivity index (χ0) is 26.6. The number of aliphatic carboxylic acids is 1. The van der Waals surface area contributed by atoms with Crippen LogP contribution < -0.4 is 5.32 Å². The van der Waals surface area contributed by atoms with Gasteiger partial charge < -0.3 is 25.2 Å². The molecule has 2 aliphatic rings. The van der Waals surface area contributed by atoms with Crippen LogP contribution in [0, 0.1) is 11.3 Å². The fraction of sp³-hybridized carbons (Fsp3) is 0.724. The monoisotopic (exact) mass is 502 g/mol. The van der Waals surface area contributed by atoms with Crippen molar-refractivity contribution in [2.45, 2.75) is 95.7 Å². The molecule has 1 aromatic carbocycles. The van der Waals surface area contributed by atoms with E-state index in [1.165, 1.54) is 0 Å². The first-order valence-electron chi connectivity index (χ1n) is 13.5. The van der Waals surface area contributed by atoms with Gasteiger partial charge in [-0.05, 0) is 89.4 Å². The summed E-state index contributed by atoms with van der Waals surface area (Å²) >= 11 is 0. The van der Waals surface area contributed by atoms with Gasteiger partial charge in [0.2, 0.25) is 0 Å². The lowest BCUT2D eigenvalue weighted by Crippen LogP contribution is -2.45. The summed E-state index contributed by atoms with van der Waals surface area (Å²) in [5.41, 5.74) is 0.0826. The topological polar surface area (TPSA) is 99.1 Å². The van der Waals surface area contributed by atoms with Crippen molar-refractivity contribution < 1.29 is 24.5 Å². The van der Waals surface area contributed by atoms with E-state index < -0.39 is 28.7 Å². The number of hydrogen-bond acceptors (Lipinski definition) is 5.